The third-order valence-electron chi connectivity index (χ3n) is 2.92. The van der Waals surface area contributed by atoms with Gasteiger partial charge in [-0.3, -0.25) is 14.5 Å². The first-order valence-corrected chi connectivity index (χ1v) is 8.13. The predicted molar refractivity (Wildman–Crippen MR) is 81.8 cm³/mol. The van der Waals surface area contributed by atoms with Gasteiger partial charge >= 0.3 is 0 Å². The number of pyridine rings is 1. The van der Waals surface area contributed by atoms with Gasteiger partial charge in [0.05, 0.1) is 11.4 Å². The lowest BCUT2D eigenvalue weighted by molar-refractivity contribution is 0.101. The Balaban J connectivity index is 2.10. The predicted octanol–water partition coefficient (Wildman–Crippen LogP) is 2.27. The van der Waals surface area contributed by atoms with Crippen LogP contribution in [0.25, 0.3) is 0 Å². The van der Waals surface area contributed by atoms with Gasteiger partial charge in [0.15, 0.2) is 5.78 Å². The fourth-order valence-corrected chi connectivity index (χ4v) is 2.98. The van der Waals surface area contributed by atoms with E-state index in [-0.39, 0.29) is 11.5 Å². The number of carbonyl (C=O) groups excluding carboxylic acids is 1. The summed E-state index contributed by atoms with van der Waals surface area (Å²) in [5, 5.41) is 0. The van der Waals surface area contributed by atoms with E-state index in [1.54, 1.807) is 42.6 Å². The van der Waals surface area contributed by atoms with Crippen LogP contribution in [0.15, 0.2) is 48.7 Å². The van der Waals surface area contributed by atoms with Crippen molar-refractivity contribution in [1.29, 1.82) is 0 Å². The quantitative estimate of drug-likeness (QED) is 0.831. The van der Waals surface area contributed by atoms with E-state index >= 15 is 0 Å². The van der Waals surface area contributed by atoms with E-state index in [4.69, 9.17) is 0 Å². The molecule has 0 saturated carbocycles. The molecular weight excluding hydrogens is 288 g/mol. The van der Waals surface area contributed by atoms with E-state index in [1.165, 1.54) is 6.92 Å². The molecule has 0 unspecified atom stereocenters. The Bertz CT molecular complexity index is 728. The van der Waals surface area contributed by atoms with Crippen LogP contribution in [0.1, 0.15) is 23.0 Å². The number of nitrogens with zero attached hydrogens (tertiary/aromatic N) is 1. The van der Waals surface area contributed by atoms with Crippen LogP contribution in [-0.2, 0) is 16.4 Å². The van der Waals surface area contributed by atoms with E-state index < -0.39 is 10.0 Å². The summed E-state index contributed by atoms with van der Waals surface area (Å²) in [6.07, 6.45) is 1.94. The van der Waals surface area contributed by atoms with E-state index in [2.05, 4.69) is 9.71 Å². The van der Waals surface area contributed by atoms with Crippen molar-refractivity contribution in [1.82, 2.24) is 4.98 Å². The molecule has 1 heterocycles. The van der Waals surface area contributed by atoms with Gasteiger partial charge in [0.25, 0.3) is 0 Å². The second kappa shape index (κ2) is 6.49. The van der Waals surface area contributed by atoms with Gasteiger partial charge in [-0.1, -0.05) is 18.2 Å². The molecule has 2 aromatic rings. The largest absolute Gasteiger partial charge is 0.294 e. The van der Waals surface area contributed by atoms with Crippen molar-refractivity contribution in [2.24, 2.45) is 0 Å². The van der Waals surface area contributed by atoms with Crippen molar-refractivity contribution in [3.05, 3.63) is 59.9 Å². The van der Waals surface area contributed by atoms with Crippen LogP contribution in [0.5, 0.6) is 0 Å². The average molecular weight is 304 g/mol. The maximum absolute atomic E-state index is 12.1. The third-order valence-corrected chi connectivity index (χ3v) is 4.20. The molecule has 0 spiro atoms. The number of anilines is 1. The Morgan fingerprint density at radius 3 is 2.52 bits per heavy atom. The van der Waals surface area contributed by atoms with Gasteiger partial charge in [-0.2, -0.15) is 0 Å². The van der Waals surface area contributed by atoms with Crippen LogP contribution in [0, 0.1) is 0 Å². The highest BCUT2D eigenvalue weighted by atomic mass is 32.2. The molecule has 1 aromatic heterocycles. The Labute approximate surface area is 124 Å². The summed E-state index contributed by atoms with van der Waals surface area (Å²) >= 11 is 0. The fraction of sp³-hybridized carbons (Fsp3) is 0.200. The Kier molecular flexibility index (Phi) is 4.70. The molecule has 0 aliphatic heterocycles. The van der Waals surface area contributed by atoms with E-state index in [0.29, 0.717) is 23.4 Å². The van der Waals surface area contributed by atoms with E-state index in [1.807, 2.05) is 6.07 Å². The molecule has 0 atom stereocenters. The number of para-hydroxylation sites is 1. The van der Waals surface area contributed by atoms with Gasteiger partial charge in [0, 0.05) is 23.9 Å². The number of benzene rings is 1. The molecular formula is C15H16N2O3S. The molecule has 0 bridgehead atoms. The number of aryl methyl sites for hydroxylation is 1. The minimum atomic E-state index is -3.53. The Morgan fingerprint density at radius 2 is 1.86 bits per heavy atom. The SMILES string of the molecule is CC(=O)c1ccccc1NS(=O)(=O)CCc1ccccn1. The zero-order chi connectivity index (χ0) is 15.3. The standard InChI is InChI=1S/C15H16N2O3S/c1-12(18)14-7-2-3-8-15(14)17-21(19,20)11-9-13-6-4-5-10-16-13/h2-8,10,17H,9,11H2,1H3. The number of nitrogens with one attached hydrogen (secondary N) is 1. The lowest BCUT2D eigenvalue weighted by Gasteiger charge is -2.10. The number of sulfonamides is 1. The molecule has 110 valence electrons. The zero-order valence-electron chi connectivity index (χ0n) is 11.6. The summed E-state index contributed by atoms with van der Waals surface area (Å²) in [5.74, 6) is -0.269. The summed E-state index contributed by atoms with van der Waals surface area (Å²) in [5.41, 5.74) is 1.38. The molecule has 0 radical (unpaired) electrons. The molecule has 1 N–H and O–H groups in total. The van der Waals surface area contributed by atoms with Crippen molar-refractivity contribution in [2.45, 2.75) is 13.3 Å². The molecule has 6 heteroatoms. The van der Waals surface area contributed by atoms with Crippen molar-refractivity contribution in [2.75, 3.05) is 10.5 Å². The maximum Gasteiger partial charge on any atom is 0.233 e. The fourth-order valence-electron chi connectivity index (χ4n) is 1.88. The second-order valence-electron chi connectivity index (χ2n) is 4.59. The molecule has 0 aliphatic carbocycles. The first-order chi connectivity index (χ1) is 9.98. The number of hydrogen-bond acceptors (Lipinski definition) is 4. The highest BCUT2D eigenvalue weighted by molar-refractivity contribution is 7.92. The van der Waals surface area contributed by atoms with Crippen LogP contribution in [0.4, 0.5) is 5.69 Å². The van der Waals surface area contributed by atoms with E-state index in [0.717, 1.165) is 0 Å². The van der Waals surface area contributed by atoms with Crippen LogP contribution in [0.2, 0.25) is 0 Å². The van der Waals surface area contributed by atoms with Gasteiger partial charge in [-0.15, -0.1) is 0 Å². The minimum Gasteiger partial charge on any atom is -0.294 e. The highest BCUT2D eigenvalue weighted by Gasteiger charge is 2.14. The number of hydrogen-bond donors (Lipinski definition) is 1. The number of ketones is 1. The monoisotopic (exact) mass is 304 g/mol. The summed E-state index contributed by atoms with van der Waals surface area (Å²) in [7, 11) is -3.53. The number of aromatic nitrogens is 1. The Hall–Kier alpha value is -2.21. The lowest BCUT2D eigenvalue weighted by Crippen LogP contribution is -2.19. The van der Waals surface area contributed by atoms with Gasteiger partial charge < -0.3 is 0 Å². The van der Waals surface area contributed by atoms with Crippen molar-refractivity contribution in [3.8, 4) is 0 Å². The summed E-state index contributed by atoms with van der Waals surface area (Å²) in [4.78, 5) is 15.6. The number of Topliss-reactive ketones (excluding diaryl/α,β-unsaturated/α-hetero) is 1. The molecule has 21 heavy (non-hydrogen) atoms. The molecule has 2 rings (SSSR count). The van der Waals surface area contributed by atoms with Crippen LogP contribution >= 0.6 is 0 Å². The van der Waals surface area contributed by atoms with Gasteiger partial charge in [-0.05, 0) is 31.2 Å². The van der Waals surface area contributed by atoms with Crippen LogP contribution in [-0.4, -0.2) is 24.9 Å². The molecule has 0 saturated heterocycles. The van der Waals surface area contributed by atoms with Crippen LogP contribution in [0.3, 0.4) is 0 Å². The van der Waals surface area contributed by atoms with Gasteiger partial charge in [0.2, 0.25) is 10.0 Å². The normalized spacial score (nSPS) is 11.1. The Morgan fingerprint density at radius 1 is 1.14 bits per heavy atom. The van der Waals surface area contributed by atoms with Crippen molar-refractivity contribution in [3.63, 3.8) is 0 Å². The average Bonchev–Trinajstić information content (AvgIpc) is 2.46. The molecule has 0 amide bonds. The second-order valence-corrected chi connectivity index (χ2v) is 6.44. The van der Waals surface area contributed by atoms with Gasteiger partial charge in [-0.25, -0.2) is 8.42 Å². The molecule has 1 aromatic carbocycles. The van der Waals surface area contributed by atoms with Crippen LogP contribution < -0.4 is 4.72 Å². The van der Waals surface area contributed by atoms with Crippen molar-refractivity contribution < 1.29 is 13.2 Å². The smallest absolute Gasteiger partial charge is 0.233 e. The summed E-state index contributed by atoms with van der Waals surface area (Å²) in [6.45, 7) is 1.40. The van der Waals surface area contributed by atoms with E-state index in [9.17, 15) is 13.2 Å². The topological polar surface area (TPSA) is 76.1 Å². The minimum absolute atomic E-state index is 0.0871. The number of carbonyl (C=O) groups is 1. The third kappa shape index (κ3) is 4.39. The highest BCUT2D eigenvalue weighted by Crippen LogP contribution is 2.17. The first-order valence-electron chi connectivity index (χ1n) is 6.48. The first kappa shape index (κ1) is 15.2. The number of rotatable bonds is 6. The molecule has 5 nitrogen and oxygen atoms in total. The molecule has 0 fully saturated rings. The summed E-state index contributed by atoms with van der Waals surface area (Å²) in [6, 6.07) is 11.9. The van der Waals surface area contributed by atoms with Gasteiger partial charge in [0.1, 0.15) is 0 Å². The lowest BCUT2D eigenvalue weighted by atomic mass is 10.1. The molecule has 0 aliphatic rings. The zero-order valence-corrected chi connectivity index (χ0v) is 12.4. The maximum atomic E-state index is 12.1. The van der Waals surface area contributed by atoms with Crippen molar-refractivity contribution >= 4 is 21.5 Å². The summed E-state index contributed by atoms with van der Waals surface area (Å²) < 4.78 is 26.7.